The highest BCUT2D eigenvalue weighted by molar-refractivity contribution is 5.88. The van der Waals surface area contributed by atoms with Crippen LogP contribution in [0, 0.1) is 5.82 Å². The van der Waals surface area contributed by atoms with Crippen LogP contribution in [0.25, 0.3) is 0 Å². The normalized spacial score (nSPS) is 11.2. The summed E-state index contributed by atoms with van der Waals surface area (Å²) in [6, 6.07) is 8.40. The first-order valence-electron chi connectivity index (χ1n) is 6.62. The number of hydrogen-bond donors (Lipinski definition) is 1. The molecule has 1 amide bonds. The minimum Gasteiger partial charge on any atom is -0.489 e. The van der Waals surface area contributed by atoms with Gasteiger partial charge >= 0.3 is 6.18 Å². The van der Waals surface area contributed by atoms with E-state index in [2.05, 4.69) is 5.32 Å². The second kappa shape index (κ2) is 6.68. The van der Waals surface area contributed by atoms with E-state index in [1.165, 1.54) is 31.2 Å². The van der Waals surface area contributed by atoms with E-state index < -0.39 is 23.5 Å². The number of nitrogens with one attached hydrogen (secondary N) is 1. The van der Waals surface area contributed by atoms with Crippen LogP contribution in [0.2, 0.25) is 0 Å². The highest BCUT2D eigenvalue weighted by Gasteiger charge is 2.29. The van der Waals surface area contributed by atoms with Gasteiger partial charge in [-0.3, -0.25) is 4.79 Å². The Bertz CT molecular complexity index is 696. The molecule has 2 rings (SSSR count). The van der Waals surface area contributed by atoms with Crippen LogP contribution in [0.5, 0.6) is 5.75 Å². The summed E-state index contributed by atoms with van der Waals surface area (Å²) in [5, 5.41) is 2.32. The van der Waals surface area contributed by atoms with Crippen LogP contribution in [0.4, 0.5) is 23.2 Å². The predicted molar refractivity (Wildman–Crippen MR) is 76.5 cm³/mol. The standard InChI is InChI=1S/C16H13F4NO2/c1-10(22)21-15-7-6-13(8-14(15)17)23-9-11-2-4-12(5-3-11)16(18,19)20/h2-8H,9H2,1H3,(H,21,22). The summed E-state index contributed by atoms with van der Waals surface area (Å²) in [4.78, 5) is 10.9. The molecule has 23 heavy (non-hydrogen) atoms. The molecule has 0 saturated carbocycles. The fourth-order valence-electron chi connectivity index (χ4n) is 1.83. The van der Waals surface area contributed by atoms with Crippen LogP contribution < -0.4 is 10.1 Å². The Morgan fingerprint density at radius 2 is 1.78 bits per heavy atom. The summed E-state index contributed by atoms with van der Waals surface area (Å²) in [6.07, 6.45) is -4.39. The molecule has 0 aliphatic carbocycles. The summed E-state index contributed by atoms with van der Waals surface area (Å²) in [5.41, 5.74) is -0.198. The van der Waals surface area contributed by atoms with E-state index >= 15 is 0 Å². The van der Waals surface area contributed by atoms with Crippen LogP contribution in [-0.4, -0.2) is 5.91 Å². The monoisotopic (exact) mass is 327 g/mol. The molecule has 0 radical (unpaired) electrons. The first kappa shape index (κ1) is 16.8. The smallest absolute Gasteiger partial charge is 0.416 e. The summed E-state index contributed by atoms with van der Waals surface area (Å²) >= 11 is 0. The maximum atomic E-state index is 13.7. The number of ether oxygens (including phenoxy) is 1. The van der Waals surface area contributed by atoms with Gasteiger partial charge in [0.15, 0.2) is 0 Å². The van der Waals surface area contributed by atoms with Crippen LogP contribution >= 0.6 is 0 Å². The van der Waals surface area contributed by atoms with Gasteiger partial charge in [-0.25, -0.2) is 4.39 Å². The van der Waals surface area contributed by atoms with Gasteiger partial charge in [0.2, 0.25) is 5.91 Å². The van der Waals surface area contributed by atoms with Gasteiger partial charge in [0.1, 0.15) is 18.2 Å². The fourth-order valence-corrected chi connectivity index (χ4v) is 1.83. The molecule has 0 aliphatic heterocycles. The molecule has 0 atom stereocenters. The summed E-state index contributed by atoms with van der Waals surface area (Å²) in [6.45, 7) is 1.26. The lowest BCUT2D eigenvalue weighted by molar-refractivity contribution is -0.137. The average molecular weight is 327 g/mol. The molecule has 0 aromatic heterocycles. The second-order valence-electron chi connectivity index (χ2n) is 4.81. The molecular weight excluding hydrogens is 314 g/mol. The molecule has 0 spiro atoms. The number of hydrogen-bond acceptors (Lipinski definition) is 2. The zero-order valence-electron chi connectivity index (χ0n) is 12.1. The van der Waals surface area contributed by atoms with Gasteiger partial charge in [-0.2, -0.15) is 13.2 Å². The number of halogens is 4. The van der Waals surface area contributed by atoms with Crippen molar-refractivity contribution < 1.29 is 27.1 Å². The van der Waals surface area contributed by atoms with Crippen molar-refractivity contribution in [3.63, 3.8) is 0 Å². The number of anilines is 1. The highest BCUT2D eigenvalue weighted by atomic mass is 19.4. The number of alkyl halides is 3. The molecule has 0 aliphatic rings. The largest absolute Gasteiger partial charge is 0.489 e. The van der Waals surface area contributed by atoms with Crippen LogP contribution in [0.1, 0.15) is 18.1 Å². The maximum absolute atomic E-state index is 13.7. The Labute approximate surface area is 129 Å². The Morgan fingerprint density at radius 1 is 1.13 bits per heavy atom. The summed E-state index contributed by atoms with van der Waals surface area (Å²) in [5.74, 6) is -0.857. The Morgan fingerprint density at radius 3 is 2.30 bits per heavy atom. The van der Waals surface area contributed by atoms with Gasteiger partial charge in [0, 0.05) is 13.0 Å². The van der Waals surface area contributed by atoms with Crippen molar-refractivity contribution in [2.24, 2.45) is 0 Å². The molecule has 0 fully saturated rings. The lowest BCUT2D eigenvalue weighted by Gasteiger charge is -2.10. The molecule has 7 heteroatoms. The number of rotatable bonds is 4. The molecule has 3 nitrogen and oxygen atoms in total. The molecule has 2 aromatic carbocycles. The lowest BCUT2D eigenvalue weighted by Crippen LogP contribution is -2.07. The van der Waals surface area contributed by atoms with Gasteiger partial charge in [0.25, 0.3) is 0 Å². The van der Waals surface area contributed by atoms with Crippen molar-refractivity contribution >= 4 is 11.6 Å². The van der Waals surface area contributed by atoms with Gasteiger partial charge < -0.3 is 10.1 Å². The van der Waals surface area contributed by atoms with Crippen molar-refractivity contribution in [1.82, 2.24) is 0 Å². The van der Waals surface area contributed by atoms with Crippen molar-refractivity contribution in [2.45, 2.75) is 19.7 Å². The van der Waals surface area contributed by atoms with Gasteiger partial charge in [-0.05, 0) is 29.8 Å². The Kier molecular flexibility index (Phi) is 4.88. The summed E-state index contributed by atoms with van der Waals surface area (Å²) < 4.78 is 56.3. The van der Waals surface area contributed by atoms with E-state index in [9.17, 15) is 22.4 Å². The SMILES string of the molecule is CC(=O)Nc1ccc(OCc2ccc(C(F)(F)F)cc2)cc1F. The minimum atomic E-state index is -4.39. The van der Waals surface area contributed by atoms with Gasteiger partial charge in [-0.1, -0.05) is 12.1 Å². The quantitative estimate of drug-likeness (QED) is 0.846. The zero-order chi connectivity index (χ0) is 17.0. The van der Waals surface area contributed by atoms with E-state index in [0.29, 0.717) is 5.56 Å². The van der Waals surface area contributed by atoms with Crippen molar-refractivity contribution in [2.75, 3.05) is 5.32 Å². The van der Waals surface area contributed by atoms with Crippen LogP contribution in [0.15, 0.2) is 42.5 Å². The summed E-state index contributed by atoms with van der Waals surface area (Å²) in [7, 11) is 0. The van der Waals surface area contributed by atoms with E-state index in [1.54, 1.807) is 0 Å². The van der Waals surface area contributed by atoms with Crippen LogP contribution in [0.3, 0.4) is 0 Å². The molecule has 122 valence electrons. The van der Waals surface area contributed by atoms with Crippen molar-refractivity contribution in [3.8, 4) is 5.75 Å². The third kappa shape index (κ3) is 4.70. The lowest BCUT2D eigenvalue weighted by atomic mass is 10.1. The molecule has 0 bridgehead atoms. The predicted octanol–water partition coefficient (Wildman–Crippen LogP) is 4.38. The third-order valence-electron chi connectivity index (χ3n) is 2.94. The Hall–Kier alpha value is -2.57. The van der Waals surface area contributed by atoms with E-state index in [1.807, 2.05) is 0 Å². The van der Waals surface area contributed by atoms with Gasteiger partial charge in [-0.15, -0.1) is 0 Å². The third-order valence-corrected chi connectivity index (χ3v) is 2.94. The first-order chi connectivity index (χ1) is 10.8. The molecule has 0 saturated heterocycles. The second-order valence-corrected chi connectivity index (χ2v) is 4.81. The first-order valence-corrected chi connectivity index (χ1v) is 6.62. The molecule has 1 N–H and O–H groups in total. The minimum absolute atomic E-state index is 0.00292. The highest BCUT2D eigenvalue weighted by Crippen LogP contribution is 2.29. The van der Waals surface area contributed by atoms with Crippen molar-refractivity contribution in [3.05, 3.63) is 59.4 Å². The average Bonchev–Trinajstić information content (AvgIpc) is 2.47. The molecule has 0 unspecified atom stereocenters. The topological polar surface area (TPSA) is 38.3 Å². The van der Waals surface area contributed by atoms with Gasteiger partial charge in [0.05, 0.1) is 11.3 Å². The fraction of sp³-hybridized carbons (Fsp3) is 0.188. The number of benzene rings is 2. The zero-order valence-corrected chi connectivity index (χ0v) is 12.1. The number of carbonyl (C=O) groups is 1. The van der Waals surface area contributed by atoms with Crippen molar-refractivity contribution in [1.29, 1.82) is 0 Å². The van der Waals surface area contributed by atoms with Crippen LogP contribution in [-0.2, 0) is 17.6 Å². The Balaban J connectivity index is 2.01. The number of amides is 1. The van der Waals surface area contributed by atoms with E-state index in [0.717, 1.165) is 18.2 Å². The molecule has 2 aromatic rings. The van der Waals surface area contributed by atoms with E-state index in [-0.39, 0.29) is 18.0 Å². The maximum Gasteiger partial charge on any atom is 0.416 e. The molecular formula is C16H13F4NO2. The number of carbonyl (C=O) groups excluding carboxylic acids is 1. The molecule has 0 heterocycles. The van der Waals surface area contributed by atoms with E-state index in [4.69, 9.17) is 4.74 Å².